The molecule has 4 rings (SSSR count). The minimum atomic E-state index is -0.580. The maximum absolute atomic E-state index is 13.5. The molecule has 0 saturated heterocycles. The first-order valence-electron chi connectivity index (χ1n) is 9.83. The number of carbonyl (C=O) groups excluding carboxylic acids is 3. The van der Waals surface area contributed by atoms with Crippen molar-refractivity contribution in [3.05, 3.63) is 100 Å². The zero-order chi connectivity index (χ0) is 22.7. The van der Waals surface area contributed by atoms with Gasteiger partial charge in [-0.25, -0.2) is 4.39 Å². The van der Waals surface area contributed by atoms with Gasteiger partial charge in [0, 0.05) is 17.7 Å². The molecule has 1 aliphatic heterocycles. The van der Waals surface area contributed by atoms with E-state index in [1.165, 1.54) is 42.5 Å². The van der Waals surface area contributed by atoms with Crippen LogP contribution in [-0.2, 0) is 11.3 Å². The predicted molar refractivity (Wildman–Crippen MR) is 118 cm³/mol. The molecule has 1 aliphatic rings. The van der Waals surface area contributed by atoms with Gasteiger partial charge in [0.25, 0.3) is 11.8 Å². The second-order valence-corrected chi connectivity index (χ2v) is 7.19. The lowest BCUT2D eigenvalue weighted by molar-refractivity contribution is -0.112. The molecule has 1 heterocycles. The number of ketones is 1. The SMILES string of the molecule is COc1ccc(CNC(=O)c2ccc3c(c2)C(=O)/C(=C/c2cccc(F)c2)C(=O)N3)cc1. The predicted octanol–water partition coefficient (Wildman–Crippen LogP) is 3.98. The van der Waals surface area contributed by atoms with Crippen LogP contribution in [0.1, 0.15) is 31.8 Å². The molecular formula is C25H19FN2O4. The van der Waals surface area contributed by atoms with Gasteiger partial charge < -0.3 is 15.4 Å². The van der Waals surface area contributed by atoms with E-state index in [1.807, 2.05) is 12.1 Å². The molecule has 7 heteroatoms. The normalized spacial score (nSPS) is 14.0. The molecule has 0 fully saturated rings. The number of anilines is 1. The third-order valence-electron chi connectivity index (χ3n) is 5.04. The van der Waals surface area contributed by atoms with Crippen LogP contribution in [0, 0.1) is 5.82 Å². The van der Waals surface area contributed by atoms with E-state index in [4.69, 9.17) is 4.74 Å². The number of hydrogen-bond acceptors (Lipinski definition) is 4. The molecule has 0 aromatic heterocycles. The summed E-state index contributed by atoms with van der Waals surface area (Å²) >= 11 is 0. The van der Waals surface area contributed by atoms with Crippen molar-refractivity contribution in [1.82, 2.24) is 5.32 Å². The van der Waals surface area contributed by atoms with Crippen molar-refractivity contribution in [3.63, 3.8) is 0 Å². The number of benzene rings is 3. The number of halogens is 1. The molecule has 0 bridgehead atoms. The van der Waals surface area contributed by atoms with E-state index in [-0.39, 0.29) is 22.6 Å². The molecule has 0 aliphatic carbocycles. The fourth-order valence-corrected chi connectivity index (χ4v) is 3.34. The summed E-state index contributed by atoms with van der Waals surface area (Å²) in [7, 11) is 1.58. The van der Waals surface area contributed by atoms with E-state index in [0.717, 1.165) is 11.3 Å². The third-order valence-corrected chi connectivity index (χ3v) is 5.04. The quantitative estimate of drug-likeness (QED) is 0.474. The second kappa shape index (κ2) is 8.85. The highest BCUT2D eigenvalue weighted by atomic mass is 19.1. The number of Topliss-reactive ketones (excluding diaryl/α,β-unsaturated/α-hetero) is 1. The van der Waals surface area contributed by atoms with Gasteiger partial charge in [0.1, 0.15) is 11.6 Å². The first-order valence-corrected chi connectivity index (χ1v) is 9.83. The number of hydrogen-bond donors (Lipinski definition) is 2. The summed E-state index contributed by atoms with van der Waals surface area (Å²) in [5.41, 5.74) is 1.96. The molecule has 6 nitrogen and oxygen atoms in total. The second-order valence-electron chi connectivity index (χ2n) is 7.19. The van der Waals surface area contributed by atoms with Crippen LogP contribution in [0.3, 0.4) is 0 Å². The van der Waals surface area contributed by atoms with E-state index >= 15 is 0 Å². The topological polar surface area (TPSA) is 84.5 Å². The van der Waals surface area contributed by atoms with Crippen molar-refractivity contribution in [2.24, 2.45) is 0 Å². The van der Waals surface area contributed by atoms with Crippen LogP contribution >= 0.6 is 0 Å². The summed E-state index contributed by atoms with van der Waals surface area (Å²) in [6, 6.07) is 17.4. The van der Waals surface area contributed by atoms with Gasteiger partial charge in [0.05, 0.1) is 18.4 Å². The van der Waals surface area contributed by atoms with Gasteiger partial charge in [-0.15, -0.1) is 0 Å². The molecule has 32 heavy (non-hydrogen) atoms. The maximum Gasteiger partial charge on any atom is 0.259 e. The van der Waals surface area contributed by atoms with Crippen LogP contribution in [-0.4, -0.2) is 24.7 Å². The van der Waals surface area contributed by atoms with Crippen LogP contribution in [0.5, 0.6) is 5.75 Å². The van der Waals surface area contributed by atoms with Gasteiger partial charge >= 0.3 is 0 Å². The first kappa shape index (κ1) is 21.0. The summed E-state index contributed by atoms with van der Waals surface area (Å²) in [6.45, 7) is 0.301. The summed E-state index contributed by atoms with van der Waals surface area (Å²) in [5.74, 6) is -1.22. The Labute approximate surface area is 183 Å². The molecule has 3 aromatic carbocycles. The Kier molecular flexibility index (Phi) is 5.81. The van der Waals surface area contributed by atoms with Crippen molar-refractivity contribution in [3.8, 4) is 5.75 Å². The molecule has 0 unspecified atom stereocenters. The molecular weight excluding hydrogens is 411 g/mol. The largest absolute Gasteiger partial charge is 0.497 e. The van der Waals surface area contributed by atoms with Crippen LogP contribution in [0.15, 0.2) is 72.3 Å². The van der Waals surface area contributed by atoms with E-state index in [9.17, 15) is 18.8 Å². The summed E-state index contributed by atoms with van der Waals surface area (Å²) in [6.07, 6.45) is 1.33. The molecule has 2 amide bonds. The molecule has 0 radical (unpaired) electrons. The minimum absolute atomic E-state index is 0.126. The first-order chi connectivity index (χ1) is 15.4. The van der Waals surface area contributed by atoms with Crippen molar-refractivity contribution < 1.29 is 23.5 Å². The lowest BCUT2D eigenvalue weighted by Crippen LogP contribution is -2.28. The van der Waals surface area contributed by atoms with Crippen molar-refractivity contribution in [1.29, 1.82) is 0 Å². The smallest absolute Gasteiger partial charge is 0.259 e. The van der Waals surface area contributed by atoms with Gasteiger partial charge in [0.2, 0.25) is 5.78 Å². The van der Waals surface area contributed by atoms with Crippen LogP contribution < -0.4 is 15.4 Å². The zero-order valence-corrected chi connectivity index (χ0v) is 17.1. The van der Waals surface area contributed by atoms with Gasteiger partial charge in [-0.3, -0.25) is 14.4 Å². The van der Waals surface area contributed by atoms with E-state index < -0.39 is 17.5 Å². The number of ether oxygens (including phenoxy) is 1. The van der Waals surface area contributed by atoms with E-state index in [1.54, 1.807) is 25.3 Å². The van der Waals surface area contributed by atoms with E-state index in [2.05, 4.69) is 10.6 Å². The van der Waals surface area contributed by atoms with Crippen LogP contribution in [0.25, 0.3) is 6.08 Å². The van der Waals surface area contributed by atoms with Gasteiger partial charge in [0.15, 0.2) is 0 Å². The summed E-state index contributed by atoms with van der Waals surface area (Å²) in [4.78, 5) is 38.0. The Morgan fingerprint density at radius 1 is 1.06 bits per heavy atom. The van der Waals surface area contributed by atoms with E-state index in [0.29, 0.717) is 17.8 Å². The molecule has 160 valence electrons. The fraction of sp³-hybridized carbons (Fsp3) is 0.0800. The monoisotopic (exact) mass is 430 g/mol. The molecule has 0 spiro atoms. The standard InChI is InChI=1S/C25H19FN2O4/c1-32-19-8-5-15(6-9-19)14-27-24(30)17-7-10-22-20(13-17)23(29)21(25(31)28-22)12-16-3-2-4-18(26)11-16/h2-13H,14H2,1H3,(H,27,30)(H,28,31)/b21-12-. The summed E-state index contributed by atoms with van der Waals surface area (Å²) < 4.78 is 18.6. The summed E-state index contributed by atoms with van der Waals surface area (Å²) in [5, 5.41) is 5.45. The van der Waals surface area contributed by atoms with Gasteiger partial charge in [-0.05, 0) is 59.7 Å². The van der Waals surface area contributed by atoms with Gasteiger partial charge in [-0.1, -0.05) is 24.3 Å². The van der Waals surface area contributed by atoms with Gasteiger partial charge in [-0.2, -0.15) is 0 Å². The maximum atomic E-state index is 13.5. The highest BCUT2D eigenvalue weighted by Crippen LogP contribution is 2.28. The third kappa shape index (κ3) is 4.41. The Bertz CT molecular complexity index is 1250. The minimum Gasteiger partial charge on any atom is -0.497 e. The number of nitrogens with one attached hydrogen (secondary N) is 2. The fourth-order valence-electron chi connectivity index (χ4n) is 3.34. The zero-order valence-electron chi connectivity index (χ0n) is 17.1. The molecule has 0 saturated carbocycles. The van der Waals surface area contributed by atoms with Crippen LogP contribution in [0.4, 0.5) is 10.1 Å². The highest BCUT2D eigenvalue weighted by molar-refractivity contribution is 6.36. The Morgan fingerprint density at radius 2 is 1.84 bits per heavy atom. The Morgan fingerprint density at radius 3 is 2.56 bits per heavy atom. The highest BCUT2D eigenvalue weighted by Gasteiger charge is 2.29. The van der Waals surface area contributed by atoms with Crippen molar-refractivity contribution in [2.75, 3.05) is 12.4 Å². The average Bonchev–Trinajstić information content (AvgIpc) is 2.80. The Balaban J connectivity index is 1.54. The Hall–Kier alpha value is -4.26. The number of carbonyl (C=O) groups is 3. The average molecular weight is 430 g/mol. The number of amides is 2. The lowest BCUT2D eigenvalue weighted by Gasteiger charge is -2.19. The number of fused-ring (bicyclic) bond motifs is 1. The van der Waals surface area contributed by atoms with Crippen molar-refractivity contribution in [2.45, 2.75) is 6.54 Å². The number of rotatable bonds is 5. The number of methoxy groups -OCH3 is 1. The van der Waals surface area contributed by atoms with Crippen LogP contribution in [0.2, 0.25) is 0 Å². The molecule has 3 aromatic rings. The molecule has 2 N–H and O–H groups in total. The lowest BCUT2D eigenvalue weighted by atomic mass is 9.93. The molecule has 0 atom stereocenters. The van der Waals surface area contributed by atoms with Crippen molar-refractivity contribution >= 4 is 29.4 Å².